The molecule has 12 nitrogen and oxygen atoms in total. The molecule has 6 heterocycles. The van der Waals surface area contributed by atoms with Crippen molar-refractivity contribution in [2.45, 2.75) is 76.4 Å². The average molecular weight is 786 g/mol. The van der Waals surface area contributed by atoms with Crippen molar-refractivity contribution in [2.24, 2.45) is 11.8 Å². The Morgan fingerprint density at radius 1 is 0.912 bits per heavy atom. The number of piperidine rings is 2. The van der Waals surface area contributed by atoms with Gasteiger partial charge in [0.1, 0.15) is 11.7 Å². The topological polar surface area (TPSA) is 123 Å². The van der Waals surface area contributed by atoms with E-state index >= 15 is 0 Å². The summed E-state index contributed by atoms with van der Waals surface area (Å²) in [5, 5.41) is 8.50. The molecule has 3 fully saturated rings. The molecule has 0 unspecified atom stereocenters. The lowest BCUT2D eigenvalue weighted by molar-refractivity contribution is -0.139. The SMILES string of the molecule is O=C(C[C@@H]1CCN2C[C@@H]1CCOc1cc(C(F)(F)F)cc(n1)-c1cccc(c1)C(=O)N1C[C@H](OCc3cn(Cc4ccccc4)nn3)C[C@H]1C2=O)N1CCCCC1. The summed E-state index contributed by atoms with van der Waals surface area (Å²) >= 11 is 0. The maximum Gasteiger partial charge on any atom is 0.416 e. The van der Waals surface area contributed by atoms with Gasteiger partial charge in [0, 0.05) is 62.8 Å². The van der Waals surface area contributed by atoms with Gasteiger partial charge in [-0.25, -0.2) is 9.67 Å². The predicted molar refractivity (Wildman–Crippen MR) is 202 cm³/mol. The van der Waals surface area contributed by atoms with Gasteiger partial charge in [0.05, 0.1) is 43.3 Å². The van der Waals surface area contributed by atoms with Crippen LogP contribution >= 0.6 is 0 Å². The van der Waals surface area contributed by atoms with Crippen molar-refractivity contribution in [1.82, 2.24) is 34.7 Å². The van der Waals surface area contributed by atoms with Crippen LogP contribution in [0.5, 0.6) is 5.88 Å². The second kappa shape index (κ2) is 16.7. The zero-order valence-electron chi connectivity index (χ0n) is 31.6. The predicted octanol–water partition coefficient (Wildman–Crippen LogP) is 5.86. The molecule has 2 aromatic carbocycles. The summed E-state index contributed by atoms with van der Waals surface area (Å²) in [6, 6.07) is 17.1. The number of ether oxygens (including phenoxy) is 2. The Morgan fingerprint density at radius 3 is 2.53 bits per heavy atom. The van der Waals surface area contributed by atoms with Crippen LogP contribution in [0.2, 0.25) is 0 Å². The first-order valence-corrected chi connectivity index (χ1v) is 19.8. The largest absolute Gasteiger partial charge is 0.478 e. The second-order valence-corrected chi connectivity index (χ2v) is 15.6. The van der Waals surface area contributed by atoms with Gasteiger partial charge < -0.3 is 24.2 Å². The normalized spacial score (nSPS) is 23.0. The van der Waals surface area contributed by atoms with Crippen LogP contribution in [0.1, 0.15) is 72.1 Å². The van der Waals surface area contributed by atoms with Gasteiger partial charge in [0.15, 0.2) is 0 Å². The van der Waals surface area contributed by atoms with E-state index in [1.54, 1.807) is 27.8 Å². The molecule has 57 heavy (non-hydrogen) atoms. The summed E-state index contributed by atoms with van der Waals surface area (Å²) in [7, 11) is 0. The highest BCUT2D eigenvalue weighted by Crippen LogP contribution is 2.36. The number of benzene rings is 2. The Labute approximate surface area is 328 Å². The molecular weight excluding hydrogens is 739 g/mol. The number of halogens is 3. The van der Waals surface area contributed by atoms with Gasteiger partial charge in [-0.3, -0.25) is 14.4 Å². The number of aromatic nitrogens is 4. The first kappa shape index (κ1) is 38.6. The van der Waals surface area contributed by atoms with E-state index < -0.39 is 29.8 Å². The van der Waals surface area contributed by atoms with E-state index in [0.717, 1.165) is 50.0 Å². The van der Waals surface area contributed by atoms with Crippen molar-refractivity contribution in [3.05, 3.63) is 95.3 Å². The molecule has 4 atom stereocenters. The van der Waals surface area contributed by atoms with Gasteiger partial charge in [-0.15, -0.1) is 5.10 Å². The van der Waals surface area contributed by atoms with Crippen LogP contribution in [-0.4, -0.2) is 104 Å². The number of pyridine rings is 1. The van der Waals surface area contributed by atoms with Crippen LogP contribution < -0.4 is 4.74 Å². The van der Waals surface area contributed by atoms with E-state index in [2.05, 4.69) is 15.3 Å². The molecule has 0 spiro atoms. The molecule has 0 radical (unpaired) electrons. The van der Waals surface area contributed by atoms with Gasteiger partial charge in [-0.1, -0.05) is 47.7 Å². The minimum Gasteiger partial charge on any atom is -0.478 e. The number of alkyl halides is 3. The zero-order chi connectivity index (χ0) is 39.5. The molecule has 300 valence electrons. The third-order valence-corrected chi connectivity index (χ3v) is 11.7. The highest BCUT2D eigenvalue weighted by atomic mass is 19.4. The quantitative estimate of drug-likeness (QED) is 0.229. The van der Waals surface area contributed by atoms with Crippen LogP contribution in [0.25, 0.3) is 11.3 Å². The van der Waals surface area contributed by atoms with Crippen molar-refractivity contribution in [3.8, 4) is 17.1 Å². The van der Waals surface area contributed by atoms with E-state index in [9.17, 15) is 27.6 Å². The fourth-order valence-corrected chi connectivity index (χ4v) is 8.60. The highest BCUT2D eigenvalue weighted by molar-refractivity contribution is 5.99. The van der Waals surface area contributed by atoms with Crippen LogP contribution in [0.3, 0.4) is 0 Å². The Morgan fingerprint density at radius 2 is 1.72 bits per heavy atom. The number of hydrogen-bond acceptors (Lipinski definition) is 8. The molecule has 0 aliphatic carbocycles. The lowest BCUT2D eigenvalue weighted by Crippen LogP contribution is -2.52. The third kappa shape index (κ3) is 8.98. The number of rotatable bonds is 7. The summed E-state index contributed by atoms with van der Waals surface area (Å²) in [6.07, 6.45) is 1.24. The van der Waals surface area contributed by atoms with Gasteiger partial charge in [-0.05, 0) is 67.7 Å². The maximum atomic E-state index is 14.6. The number of carbonyl (C=O) groups is 3. The lowest BCUT2D eigenvalue weighted by Gasteiger charge is -2.41. The molecule has 15 heteroatoms. The average Bonchev–Trinajstić information content (AvgIpc) is 3.87. The Bertz CT molecular complexity index is 2070. The Hall–Kier alpha value is -5.31. The first-order chi connectivity index (χ1) is 27.6. The van der Waals surface area contributed by atoms with Crippen molar-refractivity contribution in [1.29, 1.82) is 0 Å². The van der Waals surface area contributed by atoms with E-state index in [1.807, 2.05) is 41.4 Å². The molecular formula is C42H46F3N7O5. The standard InChI is InChI=1S/C42H46F3N7O5/c43-42(44,45)33-20-36-30-10-7-11-31(18-30)40(54)52-26-35(57-27-34-25-51(48-47-34)23-28-8-3-1-4-9-28)22-37(52)41(55)50-16-12-29(19-39(53)49-14-5-2-6-15-49)32(24-50)13-17-56-38(21-33)46-36/h1,3-4,7-11,18,20-21,25,29,32,35,37H,2,5-6,12-17,19,22-24,26-27H2/t29-,32-,35+,37-/m0/s1. The van der Waals surface area contributed by atoms with E-state index in [0.29, 0.717) is 50.2 Å². The Kier molecular flexibility index (Phi) is 11.3. The van der Waals surface area contributed by atoms with Gasteiger partial charge >= 0.3 is 6.18 Å². The van der Waals surface area contributed by atoms with E-state index in [1.165, 1.54) is 11.0 Å². The second-order valence-electron chi connectivity index (χ2n) is 15.6. The highest BCUT2D eigenvalue weighted by Gasteiger charge is 2.44. The van der Waals surface area contributed by atoms with Crippen LogP contribution in [0.4, 0.5) is 13.2 Å². The summed E-state index contributed by atoms with van der Waals surface area (Å²) < 4.78 is 56.4. The number of carbonyl (C=O) groups excluding carboxylic acids is 3. The fourth-order valence-electron chi connectivity index (χ4n) is 8.60. The third-order valence-electron chi connectivity index (χ3n) is 11.7. The molecule has 4 aromatic rings. The molecule has 3 amide bonds. The number of likely N-dealkylation sites (tertiary alicyclic amines) is 1. The van der Waals surface area contributed by atoms with Crippen LogP contribution in [0, 0.1) is 11.8 Å². The van der Waals surface area contributed by atoms with Crippen LogP contribution in [-0.2, 0) is 33.7 Å². The molecule has 6 bridgehead atoms. The monoisotopic (exact) mass is 785 g/mol. The zero-order valence-corrected chi connectivity index (χ0v) is 31.6. The molecule has 8 rings (SSSR count). The molecule has 2 aromatic heterocycles. The van der Waals surface area contributed by atoms with Crippen molar-refractivity contribution in [2.75, 3.05) is 39.3 Å². The van der Waals surface area contributed by atoms with E-state index in [4.69, 9.17) is 9.47 Å². The minimum absolute atomic E-state index is 0.00554. The maximum absolute atomic E-state index is 14.6. The number of fused-ring (bicyclic) bond motifs is 8. The fraction of sp³-hybridized carbons (Fsp3) is 0.476. The van der Waals surface area contributed by atoms with Gasteiger partial charge in [0.25, 0.3) is 5.91 Å². The molecule has 3 saturated heterocycles. The summed E-state index contributed by atoms with van der Waals surface area (Å²) in [4.78, 5) is 52.1. The summed E-state index contributed by atoms with van der Waals surface area (Å²) in [5.41, 5.74) is 1.27. The number of hydrogen-bond donors (Lipinski definition) is 0. The number of nitrogens with zero attached hydrogens (tertiary/aromatic N) is 7. The molecule has 0 N–H and O–H groups in total. The smallest absolute Gasteiger partial charge is 0.416 e. The number of amides is 3. The first-order valence-electron chi connectivity index (χ1n) is 19.8. The molecule has 0 saturated carbocycles. The van der Waals surface area contributed by atoms with Crippen molar-refractivity contribution < 1.29 is 37.0 Å². The lowest BCUT2D eigenvalue weighted by atomic mass is 9.80. The molecule has 4 aliphatic heterocycles. The summed E-state index contributed by atoms with van der Waals surface area (Å²) in [5.74, 6) is -0.954. The van der Waals surface area contributed by atoms with Crippen LogP contribution in [0.15, 0.2) is 72.9 Å². The Balaban J connectivity index is 1.07. The van der Waals surface area contributed by atoms with Crippen molar-refractivity contribution >= 4 is 17.7 Å². The molecule has 4 aliphatic rings. The summed E-state index contributed by atoms with van der Waals surface area (Å²) in [6.45, 7) is 3.05. The van der Waals surface area contributed by atoms with Crippen molar-refractivity contribution in [3.63, 3.8) is 0 Å². The minimum atomic E-state index is -4.66. The van der Waals surface area contributed by atoms with Gasteiger partial charge in [-0.2, -0.15) is 13.2 Å². The van der Waals surface area contributed by atoms with E-state index in [-0.39, 0.29) is 67.0 Å². The van der Waals surface area contributed by atoms with Gasteiger partial charge in [0.2, 0.25) is 17.7 Å².